The molecule has 2 aromatic heterocycles. The van der Waals surface area contributed by atoms with Crippen molar-refractivity contribution in [3.63, 3.8) is 0 Å². The summed E-state index contributed by atoms with van der Waals surface area (Å²) in [6.45, 7) is 0. The van der Waals surface area contributed by atoms with Crippen LogP contribution < -0.4 is 0 Å². The van der Waals surface area contributed by atoms with Crippen LogP contribution in [0.2, 0.25) is 0 Å². The zero-order valence-corrected chi connectivity index (χ0v) is 16.1. The second kappa shape index (κ2) is 8.08. The number of hydrogen-bond donors (Lipinski definition) is 0. The van der Waals surface area contributed by atoms with Crippen molar-refractivity contribution in [2.45, 2.75) is 17.1 Å². The number of rotatable bonds is 5. The van der Waals surface area contributed by atoms with Crippen LogP contribution in [0.1, 0.15) is 16.7 Å². The molecule has 0 radical (unpaired) electrons. The molecule has 0 aliphatic rings. The van der Waals surface area contributed by atoms with Gasteiger partial charge in [0.1, 0.15) is 0 Å². The number of alkyl halides is 3. The van der Waals surface area contributed by atoms with Gasteiger partial charge in [-0.1, -0.05) is 30.0 Å². The number of aromatic nitrogens is 3. The largest absolute Gasteiger partial charge is 0.461 e. The highest BCUT2D eigenvalue weighted by molar-refractivity contribution is 7.98. The Hall–Kier alpha value is -3.51. The van der Waals surface area contributed by atoms with Gasteiger partial charge in [-0.25, -0.2) is 0 Å². The molecular formula is C21H13F3N4OS. The quantitative estimate of drug-likeness (QED) is 0.383. The van der Waals surface area contributed by atoms with Gasteiger partial charge in [0.2, 0.25) is 5.82 Å². The molecule has 0 spiro atoms. The van der Waals surface area contributed by atoms with Gasteiger partial charge in [0.15, 0.2) is 10.9 Å². The molecule has 0 aliphatic carbocycles. The third-order valence-corrected chi connectivity index (χ3v) is 5.23. The topological polar surface area (TPSA) is 67.6 Å². The first-order valence-electron chi connectivity index (χ1n) is 8.74. The van der Waals surface area contributed by atoms with Crippen molar-refractivity contribution in [3.05, 3.63) is 83.6 Å². The van der Waals surface area contributed by atoms with Crippen LogP contribution >= 0.6 is 11.8 Å². The molecule has 0 saturated heterocycles. The van der Waals surface area contributed by atoms with E-state index in [0.717, 1.165) is 17.7 Å². The van der Waals surface area contributed by atoms with Gasteiger partial charge in [-0.15, -0.1) is 10.2 Å². The van der Waals surface area contributed by atoms with E-state index >= 15 is 0 Å². The molecule has 0 N–H and O–H groups in total. The van der Waals surface area contributed by atoms with Crippen molar-refractivity contribution in [2.24, 2.45) is 0 Å². The monoisotopic (exact) mass is 426 g/mol. The summed E-state index contributed by atoms with van der Waals surface area (Å²) in [4.78, 5) is 0. The minimum Gasteiger partial charge on any atom is -0.461 e. The van der Waals surface area contributed by atoms with Crippen molar-refractivity contribution < 1.29 is 17.6 Å². The first kappa shape index (κ1) is 19.8. The lowest BCUT2D eigenvalue weighted by atomic mass is 10.2. The highest BCUT2D eigenvalue weighted by atomic mass is 32.2. The highest BCUT2D eigenvalue weighted by Crippen LogP contribution is 2.34. The molecule has 4 rings (SSSR count). The smallest absolute Gasteiger partial charge is 0.416 e. The number of furan rings is 1. The molecule has 0 unspecified atom stereocenters. The van der Waals surface area contributed by atoms with E-state index in [-0.39, 0.29) is 5.69 Å². The van der Waals surface area contributed by atoms with Gasteiger partial charge in [-0.3, -0.25) is 4.57 Å². The number of benzene rings is 2. The van der Waals surface area contributed by atoms with E-state index in [2.05, 4.69) is 16.3 Å². The molecule has 0 fully saturated rings. The number of thioether (sulfide) groups is 1. The summed E-state index contributed by atoms with van der Waals surface area (Å²) in [6.07, 6.45) is -3.01. The molecule has 4 aromatic rings. The number of nitriles is 1. The Kier molecular flexibility index (Phi) is 5.33. The normalized spacial score (nSPS) is 11.4. The zero-order chi connectivity index (χ0) is 21.1. The number of halogens is 3. The molecule has 0 aliphatic heterocycles. The predicted molar refractivity (Wildman–Crippen MR) is 105 cm³/mol. The fraction of sp³-hybridized carbons (Fsp3) is 0.0952. The van der Waals surface area contributed by atoms with E-state index in [4.69, 9.17) is 9.68 Å². The maximum absolute atomic E-state index is 13.2. The summed E-state index contributed by atoms with van der Waals surface area (Å²) in [6, 6.07) is 17.5. The lowest BCUT2D eigenvalue weighted by molar-refractivity contribution is -0.137. The molecule has 5 nitrogen and oxygen atoms in total. The first-order valence-corrected chi connectivity index (χ1v) is 9.73. The Morgan fingerprint density at radius 2 is 1.87 bits per heavy atom. The Labute approximate surface area is 173 Å². The Morgan fingerprint density at radius 3 is 2.60 bits per heavy atom. The average Bonchev–Trinajstić information content (AvgIpc) is 3.41. The maximum atomic E-state index is 13.2. The van der Waals surface area contributed by atoms with Gasteiger partial charge < -0.3 is 4.42 Å². The standard InChI is InChI=1S/C21H13F3N4OS/c22-21(23,24)16-6-2-7-17(11-16)28-19(18-8-3-9-29-18)26-27-20(28)30-13-15-5-1-4-14(10-15)12-25/h1-11H,13H2. The molecule has 0 atom stereocenters. The number of hydrogen-bond acceptors (Lipinski definition) is 5. The summed E-state index contributed by atoms with van der Waals surface area (Å²) in [7, 11) is 0. The van der Waals surface area contributed by atoms with E-state index in [1.807, 2.05) is 6.07 Å². The van der Waals surface area contributed by atoms with Gasteiger partial charge >= 0.3 is 6.18 Å². The van der Waals surface area contributed by atoms with Crippen LogP contribution in [-0.4, -0.2) is 14.8 Å². The van der Waals surface area contributed by atoms with E-state index in [0.29, 0.717) is 28.1 Å². The van der Waals surface area contributed by atoms with Gasteiger partial charge in [0, 0.05) is 5.75 Å². The molecule has 0 bridgehead atoms. The van der Waals surface area contributed by atoms with Crippen LogP contribution in [0.25, 0.3) is 17.3 Å². The van der Waals surface area contributed by atoms with Crippen LogP contribution in [0.4, 0.5) is 13.2 Å². The Bertz CT molecular complexity index is 1210. The highest BCUT2D eigenvalue weighted by Gasteiger charge is 2.31. The third-order valence-electron chi connectivity index (χ3n) is 4.23. The summed E-state index contributed by atoms with van der Waals surface area (Å²) in [5, 5.41) is 17.8. The summed E-state index contributed by atoms with van der Waals surface area (Å²) < 4.78 is 46.6. The van der Waals surface area contributed by atoms with Crippen LogP contribution in [0.3, 0.4) is 0 Å². The van der Waals surface area contributed by atoms with Crippen molar-refractivity contribution >= 4 is 11.8 Å². The van der Waals surface area contributed by atoms with Crippen LogP contribution in [0.15, 0.2) is 76.5 Å². The average molecular weight is 426 g/mol. The van der Waals surface area contributed by atoms with Gasteiger partial charge in [-0.05, 0) is 48.0 Å². The lowest BCUT2D eigenvalue weighted by Gasteiger charge is -2.12. The minimum atomic E-state index is -4.47. The van der Waals surface area contributed by atoms with Crippen molar-refractivity contribution in [2.75, 3.05) is 0 Å². The molecule has 2 aromatic carbocycles. The van der Waals surface area contributed by atoms with Crippen LogP contribution in [-0.2, 0) is 11.9 Å². The molecule has 30 heavy (non-hydrogen) atoms. The van der Waals surface area contributed by atoms with Crippen LogP contribution in [0.5, 0.6) is 0 Å². The zero-order valence-electron chi connectivity index (χ0n) is 15.3. The van der Waals surface area contributed by atoms with E-state index in [1.54, 1.807) is 36.4 Å². The maximum Gasteiger partial charge on any atom is 0.416 e. The van der Waals surface area contributed by atoms with E-state index in [9.17, 15) is 13.2 Å². The summed E-state index contributed by atoms with van der Waals surface area (Å²) in [5.41, 5.74) is 0.923. The predicted octanol–water partition coefficient (Wildman–Crippen LogP) is 5.71. The van der Waals surface area contributed by atoms with E-state index < -0.39 is 11.7 Å². The van der Waals surface area contributed by atoms with E-state index in [1.165, 1.54) is 28.7 Å². The molecule has 150 valence electrons. The summed E-state index contributed by atoms with van der Waals surface area (Å²) in [5.74, 6) is 1.15. The molecule has 0 amide bonds. The molecule has 0 saturated carbocycles. The van der Waals surface area contributed by atoms with Gasteiger partial charge in [0.25, 0.3) is 0 Å². The van der Waals surface area contributed by atoms with Crippen molar-refractivity contribution in [1.82, 2.24) is 14.8 Å². The lowest BCUT2D eigenvalue weighted by Crippen LogP contribution is -2.07. The fourth-order valence-corrected chi connectivity index (χ4v) is 3.76. The molecule has 2 heterocycles. The fourth-order valence-electron chi connectivity index (χ4n) is 2.86. The first-order chi connectivity index (χ1) is 14.5. The van der Waals surface area contributed by atoms with Crippen molar-refractivity contribution in [1.29, 1.82) is 5.26 Å². The Balaban J connectivity index is 1.74. The Morgan fingerprint density at radius 1 is 1.03 bits per heavy atom. The minimum absolute atomic E-state index is 0.273. The SMILES string of the molecule is N#Cc1cccc(CSc2nnc(-c3ccco3)n2-c2cccc(C(F)(F)F)c2)c1. The second-order valence-corrected chi connectivity index (χ2v) is 7.21. The second-order valence-electron chi connectivity index (χ2n) is 6.27. The third kappa shape index (κ3) is 4.09. The molecular weight excluding hydrogens is 413 g/mol. The molecule has 9 heteroatoms. The van der Waals surface area contributed by atoms with Crippen LogP contribution in [0, 0.1) is 11.3 Å². The number of nitrogens with zero attached hydrogens (tertiary/aromatic N) is 4. The summed E-state index contributed by atoms with van der Waals surface area (Å²) >= 11 is 1.30. The van der Waals surface area contributed by atoms with Gasteiger partial charge in [0.05, 0.1) is 29.1 Å². The van der Waals surface area contributed by atoms with Crippen molar-refractivity contribution in [3.8, 4) is 23.3 Å². The van der Waals surface area contributed by atoms with Gasteiger partial charge in [-0.2, -0.15) is 18.4 Å².